The summed E-state index contributed by atoms with van der Waals surface area (Å²) in [6.07, 6.45) is -4.65. The van der Waals surface area contributed by atoms with Gasteiger partial charge in [-0.3, -0.25) is 0 Å². The first-order chi connectivity index (χ1) is 19.3. The number of guanidine groups is 1. The number of primary sulfonamides is 1. The number of nitrogens with one attached hydrogen (secondary N) is 1. The van der Waals surface area contributed by atoms with Gasteiger partial charge in [-0.05, 0) is 59.7 Å². The molecule has 0 unspecified atom stereocenters. The number of nitrogens with zero attached hydrogens (tertiary/aromatic N) is 3. The zero-order valence-corrected chi connectivity index (χ0v) is 23.2. The van der Waals surface area contributed by atoms with Crippen LogP contribution >= 0.6 is 0 Å². The zero-order valence-electron chi connectivity index (χ0n) is 21.6. The first-order valence-electron chi connectivity index (χ1n) is 12.1. The van der Waals surface area contributed by atoms with E-state index in [1.165, 1.54) is 12.1 Å². The number of hydrogen-bond acceptors (Lipinski definition) is 7. The normalized spacial score (nSPS) is 16.4. The fourth-order valence-corrected chi connectivity index (χ4v) is 5.42. The van der Waals surface area contributed by atoms with Crippen molar-refractivity contribution < 1.29 is 34.7 Å². The van der Waals surface area contributed by atoms with E-state index < -0.39 is 49.0 Å². The first-order valence-corrected chi connectivity index (χ1v) is 15.3. The van der Waals surface area contributed by atoms with Gasteiger partial charge >= 0.3 is 6.18 Å². The molecule has 0 saturated carbocycles. The smallest absolute Gasteiger partial charge is 0.416 e. The monoisotopic (exact) mass is 609 g/mol. The molecule has 0 saturated heterocycles. The molecule has 0 spiro atoms. The number of ether oxygens (including phenoxy) is 1. The van der Waals surface area contributed by atoms with Crippen molar-refractivity contribution in [2.24, 2.45) is 15.2 Å². The molecular formula is C26H26F3N5O5S2. The van der Waals surface area contributed by atoms with E-state index in [2.05, 4.69) is 14.8 Å². The molecule has 41 heavy (non-hydrogen) atoms. The van der Waals surface area contributed by atoms with Crippen molar-refractivity contribution in [3.8, 4) is 5.75 Å². The number of benzene rings is 3. The molecule has 0 aromatic heterocycles. The fourth-order valence-electron chi connectivity index (χ4n) is 4.05. The first kappa shape index (κ1) is 30.0. The Morgan fingerprint density at radius 2 is 1.66 bits per heavy atom. The highest BCUT2D eigenvalue weighted by molar-refractivity contribution is 7.90. The van der Waals surface area contributed by atoms with Crippen LogP contribution in [0.3, 0.4) is 0 Å². The molecule has 1 aliphatic heterocycles. The number of rotatable bonds is 8. The van der Waals surface area contributed by atoms with Crippen LogP contribution in [0, 0.1) is 0 Å². The van der Waals surface area contributed by atoms with Crippen LogP contribution in [0.15, 0.2) is 93.9 Å². The lowest BCUT2D eigenvalue weighted by Gasteiger charge is -2.20. The summed E-state index contributed by atoms with van der Waals surface area (Å²) in [5, 5.41) is 11.0. The highest BCUT2D eigenvalue weighted by atomic mass is 32.2. The number of hydrazone groups is 1. The summed E-state index contributed by atoms with van der Waals surface area (Å²) in [6, 6.07) is 19.3. The van der Waals surface area contributed by atoms with Crippen LogP contribution in [0.2, 0.25) is 0 Å². The third-order valence-electron chi connectivity index (χ3n) is 6.10. The van der Waals surface area contributed by atoms with Crippen LogP contribution in [0.4, 0.5) is 13.2 Å². The maximum absolute atomic E-state index is 13.2. The largest absolute Gasteiger partial charge is 0.497 e. The summed E-state index contributed by atoms with van der Waals surface area (Å²) in [4.78, 5) is 3.67. The van der Waals surface area contributed by atoms with Gasteiger partial charge in [-0.15, -0.1) is 0 Å². The summed E-state index contributed by atoms with van der Waals surface area (Å²) < 4.78 is 95.9. The van der Waals surface area contributed by atoms with Gasteiger partial charge < -0.3 is 4.74 Å². The molecule has 0 radical (unpaired) electrons. The third-order valence-corrected chi connectivity index (χ3v) is 8.20. The molecule has 0 fully saturated rings. The highest BCUT2D eigenvalue weighted by Crippen LogP contribution is 2.31. The average molecular weight is 610 g/mol. The lowest BCUT2D eigenvalue weighted by atomic mass is 9.90. The molecule has 10 nitrogen and oxygen atoms in total. The van der Waals surface area contributed by atoms with Gasteiger partial charge in [0.25, 0.3) is 10.0 Å². The van der Waals surface area contributed by atoms with Crippen molar-refractivity contribution in [3.05, 3.63) is 95.6 Å². The van der Waals surface area contributed by atoms with E-state index in [0.717, 1.165) is 23.3 Å². The number of hydrogen-bond donors (Lipinski definition) is 2. The molecule has 4 rings (SSSR count). The number of sulfonamides is 2. The van der Waals surface area contributed by atoms with Gasteiger partial charge in [0.1, 0.15) is 5.75 Å². The molecule has 1 aliphatic rings. The average Bonchev–Trinajstić information content (AvgIpc) is 3.37. The van der Waals surface area contributed by atoms with Crippen molar-refractivity contribution in [1.82, 2.24) is 9.73 Å². The van der Waals surface area contributed by atoms with E-state index in [0.29, 0.717) is 23.6 Å². The second kappa shape index (κ2) is 11.9. The second-order valence-electron chi connectivity index (χ2n) is 8.96. The predicted molar refractivity (Wildman–Crippen MR) is 147 cm³/mol. The van der Waals surface area contributed by atoms with Crippen molar-refractivity contribution in [3.63, 3.8) is 0 Å². The number of aliphatic imine (C=N–C) groups is 1. The fraction of sp³-hybridized carbons (Fsp3) is 0.231. The molecule has 0 aliphatic carbocycles. The SMILES string of the molecule is COc1ccc(C2=NN(C(=NCCS(N)(=O)=O)NS(=O)(=O)c3ccc(C(F)(F)F)cc3)C[C@H]2c2ccccc2)cc1. The van der Waals surface area contributed by atoms with Crippen LogP contribution in [-0.2, 0) is 26.2 Å². The number of methoxy groups -OCH3 is 1. The molecule has 1 heterocycles. The highest BCUT2D eigenvalue weighted by Gasteiger charge is 2.34. The third kappa shape index (κ3) is 7.62. The lowest BCUT2D eigenvalue weighted by Crippen LogP contribution is -2.41. The Kier molecular flexibility index (Phi) is 8.70. The maximum atomic E-state index is 13.2. The van der Waals surface area contributed by atoms with Crippen molar-refractivity contribution in [1.29, 1.82) is 0 Å². The Bertz CT molecular complexity index is 1640. The van der Waals surface area contributed by atoms with E-state index in [4.69, 9.17) is 9.88 Å². The summed E-state index contributed by atoms with van der Waals surface area (Å²) in [6.45, 7) is -0.279. The van der Waals surface area contributed by atoms with Crippen molar-refractivity contribution in [2.45, 2.75) is 17.0 Å². The Hall–Kier alpha value is -3.95. The minimum Gasteiger partial charge on any atom is -0.497 e. The Labute approximate surface area is 235 Å². The number of halogens is 3. The lowest BCUT2D eigenvalue weighted by molar-refractivity contribution is -0.137. The van der Waals surface area contributed by atoms with E-state index in [9.17, 15) is 30.0 Å². The summed E-state index contributed by atoms with van der Waals surface area (Å²) in [5.74, 6) is -0.625. The Morgan fingerprint density at radius 3 is 2.22 bits per heavy atom. The van der Waals surface area contributed by atoms with Gasteiger partial charge in [0.15, 0.2) is 0 Å². The maximum Gasteiger partial charge on any atom is 0.416 e. The van der Waals surface area contributed by atoms with Gasteiger partial charge in [0.2, 0.25) is 16.0 Å². The minimum atomic E-state index is -4.65. The van der Waals surface area contributed by atoms with Gasteiger partial charge in [-0.2, -0.15) is 18.3 Å². The van der Waals surface area contributed by atoms with E-state index in [1.54, 1.807) is 24.3 Å². The minimum absolute atomic E-state index is 0.120. The summed E-state index contributed by atoms with van der Waals surface area (Å²) >= 11 is 0. The molecule has 1 atom stereocenters. The van der Waals surface area contributed by atoms with Crippen LogP contribution in [-0.4, -0.2) is 59.5 Å². The summed E-state index contributed by atoms with van der Waals surface area (Å²) in [7, 11) is -6.85. The quantitative estimate of drug-likeness (QED) is 0.297. The van der Waals surface area contributed by atoms with E-state index in [-0.39, 0.29) is 18.4 Å². The molecule has 218 valence electrons. The van der Waals surface area contributed by atoms with Crippen molar-refractivity contribution in [2.75, 3.05) is 26.0 Å². The number of nitrogens with two attached hydrogens (primary N) is 1. The van der Waals surface area contributed by atoms with E-state index in [1.807, 2.05) is 30.3 Å². The Morgan fingerprint density at radius 1 is 1.02 bits per heavy atom. The van der Waals surface area contributed by atoms with Gasteiger partial charge in [0.05, 0.1) is 42.1 Å². The van der Waals surface area contributed by atoms with Crippen LogP contribution in [0.25, 0.3) is 0 Å². The molecule has 3 aromatic carbocycles. The van der Waals surface area contributed by atoms with Crippen molar-refractivity contribution >= 4 is 31.7 Å². The van der Waals surface area contributed by atoms with E-state index >= 15 is 0 Å². The predicted octanol–water partition coefficient (Wildman–Crippen LogP) is 3.14. The van der Waals surface area contributed by atoms with Crippen LogP contribution in [0.5, 0.6) is 5.75 Å². The number of alkyl halides is 3. The Balaban J connectivity index is 1.72. The molecule has 3 aromatic rings. The van der Waals surface area contributed by atoms with Gasteiger partial charge in [-0.25, -0.2) is 36.7 Å². The molecule has 0 bridgehead atoms. The standard InChI is InChI=1S/C26H26F3N5O5S2/c1-39-21-11-7-19(8-12-21)24-23(18-5-3-2-4-6-18)17-34(32-24)25(31-15-16-40(30,35)36)33-41(37,38)22-13-9-20(10-14-22)26(27,28)29/h2-14,23H,15-17H2,1H3,(H,31,33)(H2,30,35,36)/t23-/m0/s1. The van der Waals surface area contributed by atoms with Crippen LogP contribution in [0.1, 0.15) is 22.6 Å². The van der Waals surface area contributed by atoms with Gasteiger partial charge in [-0.1, -0.05) is 30.3 Å². The second-order valence-corrected chi connectivity index (χ2v) is 12.4. The summed E-state index contributed by atoms with van der Waals surface area (Å²) in [5.41, 5.74) is 1.15. The van der Waals surface area contributed by atoms with Gasteiger partial charge in [0, 0.05) is 5.92 Å². The molecule has 15 heteroatoms. The molecule has 0 amide bonds. The van der Waals surface area contributed by atoms with Crippen LogP contribution < -0.4 is 14.6 Å². The zero-order chi connectivity index (χ0) is 29.8. The molecular weight excluding hydrogens is 583 g/mol. The topological polar surface area (TPSA) is 144 Å². The molecule has 3 N–H and O–H groups in total.